The molecule has 0 bridgehead atoms. The lowest BCUT2D eigenvalue weighted by Crippen LogP contribution is -2.32. The maximum Gasteiger partial charge on any atom is 0.119 e. The van der Waals surface area contributed by atoms with Crippen LogP contribution < -0.4 is 10.5 Å². The first kappa shape index (κ1) is 16.5. The minimum Gasteiger partial charge on any atom is -0.497 e. The summed E-state index contributed by atoms with van der Waals surface area (Å²) >= 11 is 0. The Hall–Kier alpha value is -1.54. The Morgan fingerprint density at radius 1 is 1.35 bits per heavy atom. The van der Waals surface area contributed by atoms with Gasteiger partial charge in [0, 0.05) is 25.3 Å². The van der Waals surface area contributed by atoms with E-state index in [9.17, 15) is 0 Å². The van der Waals surface area contributed by atoms with Gasteiger partial charge in [-0.05, 0) is 37.7 Å². The van der Waals surface area contributed by atoms with Crippen molar-refractivity contribution in [1.82, 2.24) is 4.90 Å². The number of ether oxygens (including phenoxy) is 2. The minimum atomic E-state index is 0.335. The molecule has 0 aromatic heterocycles. The number of benzene rings is 1. The van der Waals surface area contributed by atoms with Gasteiger partial charge in [-0.25, -0.2) is 0 Å². The van der Waals surface area contributed by atoms with Crippen LogP contribution in [0.4, 0.5) is 0 Å². The first-order chi connectivity index (χ1) is 9.62. The fraction of sp³-hybridized carbons (Fsp3) is 0.500. The van der Waals surface area contributed by atoms with Crippen LogP contribution >= 0.6 is 0 Å². The summed E-state index contributed by atoms with van der Waals surface area (Å²) in [7, 11) is 5.46. The summed E-state index contributed by atoms with van der Waals surface area (Å²) in [5.41, 5.74) is 7.57. The van der Waals surface area contributed by atoms with Crippen molar-refractivity contribution in [3.05, 3.63) is 29.3 Å². The normalized spacial score (nSPS) is 11.9. The zero-order chi connectivity index (χ0) is 15.0. The Morgan fingerprint density at radius 3 is 2.70 bits per heavy atom. The van der Waals surface area contributed by atoms with E-state index in [0.29, 0.717) is 19.2 Å². The van der Waals surface area contributed by atoms with E-state index in [2.05, 4.69) is 30.7 Å². The van der Waals surface area contributed by atoms with Crippen molar-refractivity contribution in [2.75, 3.05) is 34.4 Å². The van der Waals surface area contributed by atoms with E-state index in [1.54, 1.807) is 14.2 Å². The van der Waals surface area contributed by atoms with Crippen LogP contribution in [-0.4, -0.2) is 45.4 Å². The highest BCUT2D eigenvalue weighted by Crippen LogP contribution is 2.19. The third-order valence-corrected chi connectivity index (χ3v) is 3.22. The van der Waals surface area contributed by atoms with E-state index in [1.165, 1.54) is 0 Å². The largest absolute Gasteiger partial charge is 0.497 e. The van der Waals surface area contributed by atoms with Crippen molar-refractivity contribution in [2.45, 2.75) is 19.5 Å². The molecule has 4 heteroatoms. The van der Waals surface area contributed by atoms with Crippen molar-refractivity contribution in [2.24, 2.45) is 5.73 Å². The number of hydrogen-bond acceptors (Lipinski definition) is 4. The molecule has 0 aliphatic carbocycles. The third kappa shape index (κ3) is 4.86. The van der Waals surface area contributed by atoms with Crippen molar-refractivity contribution >= 4 is 0 Å². The zero-order valence-corrected chi connectivity index (χ0v) is 12.8. The van der Waals surface area contributed by atoms with E-state index in [4.69, 9.17) is 15.2 Å². The van der Waals surface area contributed by atoms with Crippen LogP contribution in [0.25, 0.3) is 0 Å². The van der Waals surface area contributed by atoms with E-state index >= 15 is 0 Å². The molecule has 0 radical (unpaired) electrons. The van der Waals surface area contributed by atoms with Gasteiger partial charge in [-0.2, -0.15) is 0 Å². The van der Waals surface area contributed by atoms with E-state index in [1.807, 2.05) is 18.2 Å². The summed E-state index contributed by atoms with van der Waals surface area (Å²) in [4.78, 5) is 2.23. The third-order valence-electron chi connectivity index (χ3n) is 3.22. The van der Waals surface area contributed by atoms with Crippen molar-refractivity contribution < 1.29 is 9.47 Å². The van der Waals surface area contributed by atoms with Crippen LogP contribution in [0.2, 0.25) is 0 Å². The number of hydrogen-bond donors (Lipinski definition) is 1. The fourth-order valence-corrected chi connectivity index (χ4v) is 1.89. The van der Waals surface area contributed by atoms with Gasteiger partial charge in [0.05, 0.1) is 20.3 Å². The molecule has 1 rings (SSSR count). The van der Waals surface area contributed by atoms with Gasteiger partial charge < -0.3 is 15.2 Å². The highest BCUT2D eigenvalue weighted by Gasteiger charge is 2.12. The second-order valence-corrected chi connectivity index (χ2v) is 4.75. The van der Waals surface area contributed by atoms with E-state index in [0.717, 1.165) is 23.4 Å². The average molecular weight is 276 g/mol. The molecule has 1 aromatic carbocycles. The SMILES string of the molecule is COCC(C)N(C)Cc1cc(OC)ccc1C#CCN. The Balaban J connectivity index is 2.95. The van der Waals surface area contributed by atoms with Crippen LogP contribution in [0, 0.1) is 11.8 Å². The lowest BCUT2D eigenvalue weighted by Gasteiger charge is -2.24. The molecule has 2 N–H and O–H groups in total. The van der Waals surface area contributed by atoms with Gasteiger partial charge in [0.15, 0.2) is 0 Å². The average Bonchev–Trinajstić information content (AvgIpc) is 2.46. The molecule has 0 saturated carbocycles. The van der Waals surface area contributed by atoms with Gasteiger partial charge in [-0.3, -0.25) is 4.90 Å². The van der Waals surface area contributed by atoms with Crippen LogP contribution in [0.15, 0.2) is 18.2 Å². The monoisotopic (exact) mass is 276 g/mol. The molecule has 110 valence electrons. The minimum absolute atomic E-state index is 0.335. The van der Waals surface area contributed by atoms with Gasteiger partial charge in [0.1, 0.15) is 5.75 Å². The Labute approximate surface area is 121 Å². The molecule has 0 saturated heterocycles. The first-order valence-corrected chi connectivity index (χ1v) is 6.67. The number of nitrogens with two attached hydrogens (primary N) is 1. The molecule has 0 amide bonds. The van der Waals surface area contributed by atoms with Gasteiger partial charge in [0.25, 0.3) is 0 Å². The number of likely N-dealkylation sites (N-methyl/N-ethyl adjacent to an activating group) is 1. The molecule has 1 aromatic rings. The molecule has 1 atom stereocenters. The quantitative estimate of drug-likeness (QED) is 0.799. The maximum atomic E-state index is 5.45. The van der Waals surface area contributed by atoms with Crippen molar-refractivity contribution in [3.8, 4) is 17.6 Å². The van der Waals surface area contributed by atoms with Gasteiger partial charge >= 0.3 is 0 Å². The maximum absolute atomic E-state index is 5.45. The van der Waals surface area contributed by atoms with Crippen molar-refractivity contribution in [1.29, 1.82) is 0 Å². The van der Waals surface area contributed by atoms with Crippen LogP contribution in [0.3, 0.4) is 0 Å². The second-order valence-electron chi connectivity index (χ2n) is 4.75. The van der Waals surface area contributed by atoms with Crippen LogP contribution in [0.5, 0.6) is 5.75 Å². The number of methoxy groups -OCH3 is 2. The molecular formula is C16H24N2O2. The molecule has 4 nitrogen and oxygen atoms in total. The Morgan fingerprint density at radius 2 is 2.10 bits per heavy atom. The van der Waals surface area contributed by atoms with Crippen LogP contribution in [-0.2, 0) is 11.3 Å². The lowest BCUT2D eigenvalue weighted by molar-refractivity contribution is 0.112. The topological polar surface area (TPSA) is 47.7 Å². The molecule has 0 fully saturated rings. The summed E-state index contributed by atoms with van der Waals surface area (Å²) in [6, 6.07) is 6.26. The van der Waals surface area contributed by atoms with Gasteiger partial charge in [-0.15, -0.1) is 0 Å². The highest BCUT2D eigenvalue weighted by atomic mass is 16.5. The van der Waals surface area contributed by atoms with E-state index < -0.39 is 0 Å². The lowest BCUT2D eigenvalue weighted by atomic mass is 10.1. The molecule has 0 aliphatic heterocycles. The molecule has 20 heavy (non-hydrogen) atoms. The summed E-state index contributed by atoms with van der Waals surface area (Å²) in [5, 5.41) is 0. The fourth-order valence-electron chi connectivity index (χ4n) is 1.89. The summed E-state index contributed by atoms with van der Waals surface area (Å²) in [5.74, 6) is 6.85. The smallest absolute Gasteiger partial charge is 0.119 e. The predicted octanol–water partition coefficient (Wildman–Crippen LogP) is 1.47. The Bertz CT molecular complexity index is 477. The summed E-state index contributed by atoms with van der Waals surface area (Å²) in [6.07, 6.45) is 0. The van der Waals surface area contributed by atoms with E-state index in [-0.39, 0.29) is 0 Å². The predicted molar refractivity (Wildman–Crippen MR) is 81.7 cm³/mol. The Kier molecular flexibility index (Phi) is 7.10. The van der Waals surface area contributed by atoms with Gasteiger partial charge in [-0.1, -0.05) is 11.8 Å². The molecule has 0 heterocycles. The molecule has 0 aliphatic rings. The molecule has 0 spiro atoms. The highest BCUT2D eigenvalue weighted by molar-refractivity contribution is 5.45. The van der Waals surface area contributed by atoms with Crippen molar-refractivity contribution in [3.63, 3.8) is 0 Å². The summed E-state index contributed by atoms with van der Waals surface area (Å²) < 4.78 is 10.5. The first-order valence-electron chi connectivity index (χ1n) is 6.67. The number of nitrogens with zero attached hydrogens (tertiary/aromatic N) is 1. The molecular weight excluding hydrogens is 252 g/mol. The van der Waals surface area contributed by atoms with Crippen LogP contribution in [0.1, 0.15) is 18.1 Å². The zero-order valence-electron chi connectivity index (χ0n) is 12.8. The molecule has 1 unspecified atom stereocenters. The summed E-state index contributed by atoms with van der Waals surface area (Å²) in [6.45, 7) is 3.98. The second kappa shape index (κ2) is 8.60. The van der Waals surface area contributed by atoms with Gasteiger partial charge in [0.2, 0.25) is 0 Å². The number of rotatable bonds is 6. The standard InChI is InChI=1S/C16H24N2O2/c1-13(12-19-3)18(2)11-15-10-16(20-4)8-7-14(15)6-5-9-17/h7-8,10,13H,9,11-12,17H2,1-4H3.